The van der Waals surface area contributed by atoms with Crippen LogP contribution in [-0.2, 0) is 0 Å². The minimum atomic E-state index is 0.614. The number of piperazine rings is 1. The first-order valence-corrected chi connectivity index (χ1v) is 8.51. The van der Waals surface area contributed by atoms with Crippen molar-refractivity contribution in [2.45, 2.75) is 20.8 Å². The third kappa shape index (κ3) is 3.28. The SMILES string of the molecule is CCN1CCN(c2ncnc(Nc3cccc(C)c3C)c2N)CC1. The topological polar surface area (TPSA) is 70.3 Å². The molecule has 0 saturated carbocycles. The molecule has 6 heteroatoms. The van der Waals surface area contributed by atoms with Crippen LogP contribution in [0.1, 0.15) is 18.1 Å². The van der Waals surface area contributed by atoms with E-state index in [-0.39, 0.29) is 0 Å². The summed E-state index contributed by atoms with van der Waals surface area (Å²) < 4.78 is 0. The van der Waals surface area contributed by atoms with Crippen LogP contribution in [0.2, 0.25) is 0 Å². The van der Waals surface area contributed by atoms with Crippen molar-refractivity contribution in [1.82, 2.24) is 14.9 Å². The molecule has 1 aromatic carbocycles. The number of rotatable bonds is 4. The number of aryl methyl sites for hydroxylation is 1. The van der Waals surface area contributed by atoms with E-state index in [4.69, 9.17) is 5.73 Å². The maximum atomic E-state index is 6.37. The number of benzene rings is 1. The Labute approximate surface area is 143 Å². The number of anilines is 4. The number of aromatic nitrogens is 2. The maximum absolute atomic E-state index is 6.37. The van der Waals surface area contributed by atoms with Crippen molar-refractivity contribution in [2.24, 2.45) is 0 Å². The average Bonchev–Trinajstić information content (AvgIpc) is 2.61. The highest BCUT2D eigenvalue weighted by Gasteiger charge is 2.20. The van der Waals surface area contributed by atoms with Crippen molar-refractivity contribution in [3.8, 4) is 0 Å². The van der Waals surface area contributed by atoms with Gasteiger partial charge in [0.1, 0.15) is 12.0 Å². The Kier molecular flexibility index (Phi) is 4.85. The number of hydrogen-bond donors (Lipinski definition) is 2. The fourth-order valence-electron chi connectivity index (χ4n) is 3.03. The predicted octanol–water partition coefficient (Wildman–Crippen LogP) is 2.56. The van der Waals surface area contributed by atoms with Gasteiger partial charge in [0, 0.05) is 31.9 Å². The zero-order chi connectivity index (χ0) is 17.1. The monoisotopic (exact) mass is 326 g/mol. The number of nitrogens with zero attached hydrogens (tertiary/aromatic N) is 4. The average molecular weight is 326 g/mol. The highest BCUT2D eigenvalue weighted by Crippen LogP contribution is 2.30. The molecular formula is C18H26N6. The number of likely N-dealkylation sites (N-methyl/N-ethyl adjacent to an activating group) is 1. The highest BCUT2D eigenvalue weighted by molar-refractivity contribution is 5.79. The summed E-state index contributed by atoms with van der Waals surface area (Å²) in [5, 5.41) is 3.37. The molecule has 1 aliphatic heterocycles. The van der Waals surface area contributed by atoms with Gasteiger partial charge in [0.15, 0.2) is 11.6 Å². The van der Waals surface area contributed by atoms with Crippen molar-refractivity contribution in [2.75, 3.05) is 48.7 Å². The summed E-state index contributed by atoms with van der Waals surface area (Å²) in [5.74, 6) is 1.50. The van der Waals surface area contributed by atoms with E-state index >= 15 is 0 Å². The van der Waals surface area contributed by atoms with Gasteiger partial charge in [0.05, 0.1) is 0 Å². The van der Waals surface area contributed by atoms with Gasteiger partial charge in [0.25, 0.3) is 0 Å². The summed E-state index contributed by atoms with van der Waals surface area (Å²) >= 11 is 0. The molecule has 0 unspecified atom stereocenters. The van der Waals surface area contributed by atoms with Crippen molar-refractivity contribution in [3.05, 3.63) is 35.7 Å². The van der Waals surface area contributed by atoms with Gasteiger partial charge in [-0.3, -0.25) is 0 Å². The molecule has 3 N–H and O–H groups in total. The lowest BCUT2D eigenvalue weighted by Crippen LogP contribution is -2.46. The highest BCUT2D eigenvalue weighted by atomic mass is 15.3. The van der Waals surface area contributed by atoms with Crippen LogP contribution in [0.25, 0.3) is 0 Å². The quantitative estimate of drug-likeness (QED) is 0.900. The molecule has 0 spiro atoms. The van der Waals surface area contributed by atoms with Gasteiger partial charge in [0.2, 0.25) is 0 Å². The second-order valence-corrected chi connectivity index (χ2v) is 6.25. The third-order valence-electron chi connectivity index (χ3n) is 4.84. The Morgan fingerprint density at radius 2 is 1.88 bits per heavy atom. The largest absolute Gasteiger partial charge is 0.393 e. The summed E-state index contributed by atoms with van der Waals surface area (Å²) in [6.45, 7) is 11.4. The van der Waals surface area contributed by atoms with Crippen molar-refractivity contribution in [1.29, 1.82) is 0 Å². The summed E-state index contributed by atoms with van der Waals surface area (Å²) in [5.41, 5.74) is 10.5. The molecule has 0 amide bonds. The van der Waals surface area contributed by atoms with E-state index in [0.717, 1.165) is 44.2 Å². The Bertz CT molecular complexity index is 707. The van der Waals surface area contributed by atoms with Crippen LogP contribution in [0.3, 0.4) is 0 Å². The van der Waals surface area contributed by atoms with E-state index in [0.29, 0.717) is 11.5 Å². The van der Waals surface area contributed by atoms with E-state index in [2.05, 4.69) is 51.9 Å². The van der Waals surface area contributed by atoms with Gasteiger partial charge in [-0.1, -0.05) is 19.1 Å². The molecular weight excluding hydrogens is 300 g/mol. The first kappa shape index (κ1) is 16.5. The van der Waals surface area contributed by atoms with Gasteiger partial charge in [-0.05, 0) is 37.6 Å². The van der Waals surface area contributed by atoms with Crippen LogP contribution in [0, 0.1) is 13.8 Å². The molecule has 128 valence electrons. The molecule has 3 rings (SSSR count). The third-order valence-corrected chi connectivity index (χ3v) is 4.84. The Morgan fingerprint density at radius 1 is 1.12 bits per heavy atom. The van der Waals surface area contributed by atoms with Crippen LogP contribution in [0.15, 0.2) is 24.5 Å². The zero-order valence-electron chi connectivity index (χ0n) is 14.7. The molecule has 6 nitrogen and oxygen atoms in total. The first-order valence-electron chi connectivity index (χ1n) is 8.51. The Morgan fingerprint density at radius 3 is 2.58 bits per heavy atom. The van der Waals surface area contributed by atoms with Crippen molar-refractivity contribution < 1.29 is 0 Å². The van der Waals surface area contributed by atoms with E-state index < -0.39 is 0 Å². The second-order valence-electron chi connectivity index (χ2n) is 6.25. The van der Waals surface area contributed by atoms with E-state index in [1.165, 1.54) is 11.1 Å². The zero-order valence-corrected chi connectivity index (χ0v) is 14.7. The molecule has 0 atom stereocenters. The molecule has 1 aromatic heterocycles. The standard InChI is InChI=1S/C18H26N6/c1-4-23-8-10-24(11-9-23)18-16(19)17(20-12-21-18)22-15-7-5-6-13(2)14(15)3/h5-7,12H,4,8-11,19H2,1-3H3,(H,20,21,22). The lowest BCUT2D eigenvalue weighted by atomic mass is 10.1. The summed E-state index contributed by atoms with van der Waals surface area (Å²) in [6.07, 6.45) is 1.59. The lowest BCUT2D eigenvalue weighted by molar-refractivity contribution is 0.270. The summed E-state index contributed by atoms with van der Waals surface area (Å²) in [7, 11) is 0. The molecule has 2 heterocycles. The van der Waals surface area contributed by atoms with Gasteiger partial charge < -0.3 is 20.9 Å². The second kappa shape index (κ2) is 7.05. The van der Waals surface area contributed by atoms with Crippen LogP contribution in [-0.4, -0.2) is 47.6 Å². The fraction of sp³-hybridized carbons (Fsp3) is 0.444. The van der Waals surface area contributed by atoms with Gasteiger partial charge in [-0.25, -0.2) is 9.97 Å². The Hall–Kier alpha value is -2.34. The molecule has 1 fully saturated rings. The number of nitrogens with two attached hydrogens (primary N) is 1. The van der Waals surface area contributed by atoms with Crippen LogP contribution in [0.5, 0.6) is 0 Å². The van der Waals surface area contributed by atoms with Crippen LogP contribution < -0.4 is 16.0 Å². The summed E-state index contributed by atoms with van der Waals surface area (Å²) in [6, 6.07) is 6.18. The Balaban J connectivity index is 1.82. The van der Waals surface area contributed by atoms with Crippen molar-refractivity contribution >= 4 is 23.0 Å². The van der Waals surface area contributed by atoms with Crippen molar-refractivity contribution in [3.63, 3.8) is 0 Å². The van der Waals surface area contributed by atoms with E-state index in [1.807, 2.05) is 12.1 Å². The first-order chi connectivity index (χ1) is 11.6. The van der Waals surface area contributed by atoms with Gasteiger partial charge in [-0.15, -0.1) is 0 Å². The minimum absolute atomic E-state index is 0.614. The molecule has 2 aromatic rings. The summed E-state index contributed by atoms with van der Waals surface area (Å²) in [4.78, 5) is 13.5. The number of nitrogen functional groups attached to an aromatic ring is 1. The molecule has 1 saturated heterocycles. The van der Waals surface area contributed by atoms with Gasteiger partial charge in [-0.2, -0.15) is 0 Å². The van der Waals surface area contributed by atoms with Crippen LogP contribution in [0.4, 0.5) is 23.0 Å². The maximum Gasteiger partial charge on any atom is 0.159 e. The fourth-order valence-corrected chi connectivity index (χ4v) is 3.03. The smallest absolute Gasteiger partial charge is 0.159 e. The lowest BCUT2D eigenvalue weighted by Gasteiger charge is -2.35. The number of nitrogens with one attached hydrogen (secondary N) is 1. The molecule has 0 radical (unpaired) electrons. The van der Waals surface area contributed by atoms with Gasteiger partial charge >= 0.3 is 0 Å². The van der Waals surface area contributed by atoms with E-state index in [1.54, 1.807) is 6.33 Å². The molecule has 0 bridgehead atoms. The number of hydrogen-bond acceptors (Lipinski definition) is 6. The minimum Gasteiger partial charge on any atom is -0.393 e. The predicted molar refractivity (Wildman–Crippen MR) is 100.0 cm³/mol. The molecule has 0 aliphatic carbocycles. The van der Waals surface area contributed by atoms with Crippen LogP contribution >= 0.6 is 0 Å². The molecule has 1 aliphatic rings. The van der Waals surface area contributed by atoms with E-state index in [9.17, 15) is 0 Å². The molecule has 24 heavy (non-hydrogen) atoms. The normalized spacial score (nSPS) is 15.5.